The molecule has 1 rings (SSSR count). The zero-order valence-electron chi connectivity index (χ0n) is 10.5. The molecule has 0 fully saturated rings. The van der Waals surface area contributed by atoms with Crippen molar-refractivity contribution in [3.8, 4) is 17.6 Å². The van der Waals surface area contributed by atoms with E-state index >= 15 is 0 Å². The van der Waals surface area contributed by atoms with Gasteiger partial charge in [-0.05, 0) is 12.1 Å². The summed E-state index contributed by atoms with van der Waals surface area (Å²) in [5, 5.41) is 8.78. The van der Waals surface area contributed by atoms with Crippen LogP contribution in [0, 0.1) is 16.7 Å². The van der Waals surface area contributed by atoms with Gasteiger partial charge >= 0.3 is 0 Å². The Kier molecular flexibility index (Phi) is 4.36. The first kappa shape index (κ1) is 13.3. The van der Waals surface area contributed by atoms with Crippen LogP contribution in [-0.2, 0) is 0 Å². The van der Waals surface area contributed by atoms with E-state index in [1.54, 1.807) is 25.3 Å². The topological polar surface area (TPSA) is 68.3 Å². The molecule has 0 atom stereocenters. The van der Waals surface area contributed by atoms with E-state index in [4.69, 9.17) is 20.5 Å². The van der Waals surface area contributed by atoms with Gasteiger partial charge in [-0.1, -0.05) is 13.8 Å². The molecule has 2 N–H and O–H groups in total. The van der Waals surface area contributed by atoms with Gasteiger partial charge in [-0.2, -0.15) is 5.26 Å². The Bertz CT molecular complexity index is 422. The van der Waals surface area contributed by atoms with Crippen LogP contribution in [0.25, 0.3) is 0 Å². The van der Waals surface area contributed by atoms with Crippen LogP contribution in [0.3, 0.4) is 0 Å². The third-order valence-corrected chi connectivity index (χ3v) is 2.46. The van der Waals surface area contributed by atoms with Gasteiger partial charge in [0.05, 0.1) is 25.3 Å². The molecule has 0 aromatic heterocycles. The third kappa shape index (κ3) is 3.65. The molecule has 4 nitrogen and oxygen atoms in total. The summed E-state index contributed by atoms with van der Waals surface area (Å²) in [7, 11) is 1.55. The van der Waals surface area contributed by atoms with E-state index in [0.29, 0.717) is 30.2 Å². The molecule has 0 aliphatic heterocycles. The lowest BCUT2D eigenvalue weighted by atomic mass is 9.95. The summed E-state index contributed by atoms with van der Waals surface area (Å²) in [6.07, 6.45) is 0. The van der Waals surface area contributed by atoms with Crippen molar-refractivity contribution in [2.24, 2.45) is 11.1 Å². The number of hydrogen-bond acceptors (Lipinski definition) is 4. The quantitative estimate of drug-likeness (QED) is 0.845. The highest BCUT2D eigenvalue weighted by Gasteiger charge is 2.17. The van der Waals surface area contributed by atoms with Crippen LogP contribution in [0.2, 0.25) is 0 Å². The first-order valence-electron chi connectivity index (χ1n) is 5.43. The minimum Gasteiger partial charge on any atom is -0.493 e. The van der Waals surface area contributed by atoms with Crippen molar-refractivity contribution >= 4 is 0 Å². The first-order chi connectivity index (χ1) is 8.02. The second kappa shape index (κ2) is 5.55. The monoisotopic (exact) mass is 234 g/mol. The van der Waals surface area contributed by atoms with E-state index in [1.807, 2.05) is 13.8 Å². The Balaban J connectivity index is 2.82. The van der Waals surface area contributed by atoms with Crippen LogP contribution in [0.4, 0.5) is 0 Å². The average molecular weight is 234 g/mol. The molecule has 0 spiro atoms. The van der Waals surface area contributed by atoms with Crippen molar-refractivity contribution < 1.29 is 9.47 Å². The first-order valence-corrected chi connectivity index (χ1v) is 5.43. The number of hydrogen-bond donors (Lipinski definition) is 1. The minimum atomic E-state index is -0.0844. The Morgan fingerprint density at radius 2 is 2.06 bits per heavy atom. The molecule has 0 unspecified atom stereocenters. The Morgan fingerprint density at radius 3 is 2.59 bits per heavy atom. The summed E-state index contributed by atoms with van der Waals surface area (Å²) in [6.45, 7) is 5.11. The standard InChI is InChI=1S/C13H18N2O2/c1-13(2,8-15)9-17-11-5-4-10(7-14)6-12(11)16-3/h4-6H,8-9,15H2,1-3H3. The van der Waals surface area contributed by atoms with E-state index in [-0.39, 0.29) is 5.41 Å². The van der Waals surface area contributed by atoms with Crippen LogP contribution < -0.4 is 15.2 Å². The van der Waals surface area contributed by atoms with Crippen LogP contribution in [0.5, 0.6) is 11.5 Å². The average Bonchev–Trinajstić information content (AvgIpc) is 2.36. The van der Waals surface area contributed by atoms with Gasteiger partial charge in [0.15, 0.2) is 11.5 Å². The number of benzene rings is 1. The number of nitrogens with two attached hydrogens (primary N) is 1. The Labute approximate surface area is 102 Å². The van der Waals surface area contributed by atoms with Crippen LogP contribution >= 0.6 is 0 Å². The zero-order valence-corrected chi connectivity index (χ0v) is 10.5. The molecule has 1 aromatic rings. The number of nitriles is 1. The largest absolute Gasteiger partial charge is 0.493 e. The smallest absolute Gasteiger partial charge is 0.162 e. The van der Waals surface area contributed by atoms with E-state index < -0.39 is 0 Å². The summed E-state index contributed by atoms with van der Waals surface area (Å²) in [5.41, 5.74) is 6.10. The van der Waals surface area contributed by atoms with Gasteiger partial charge in [0.2, 0.25) is 0 Å². The maximum atomic E-state index is 8.78. The van der Waals surface area contributed by atoms with Gasteiger partial charge in [0, 0.05) is 18.0 Å². The number of nitrogens with zero attached hydrogens (tertiary/aromatic N) is 1. The fourth-order valence-corrected chi connectivity index (χ4v) is 1.19. The molecular formula is C13H18N2O2. The van der Waals surface area contributed by atoms with Crippen LogP contribution in [-0.4, -0.2) is 20.3 Å². The maximum Gasteiger partial charge on any atom is 0.162 e. The lowest BCUT2D eigenvalue weighted by Gasteiger charge is -2.23. The molecule has 0 aliphatic carbocycles. The molecule has 0 amide bonds. The lowest BCUT2D eigenvalue weighted by Crippen LogP contribution is -2.30. The van der Waals surface area contributed by atoms with E-state index in [1.165, 1.54) is 0 Å². The Hall–Kier alpha value is -1.73. The zero-order chi connectivity index (χ0) is 12.9. The van der Waals surface area contributed by atoms with Gasteiger partial charge in [0.1, 0.15) is 0 Å². The van der Waals surface area contributed by atoms with E-state index in [2.05, 4.69) is 6.07 Å². The number of rotatable bonds is 5. The molecule has 0 radical (unpaired) electrons. The number of ether oxygens (including phenoxy) is 2. The summed E-state index contributed by atoms with van der Waals surface area (Å²) >= 11 is 0. The van der Waals surface area contributed by atoms with Gasteiger partial charge in [-0.3, -0.25) is 0 Å². The fraction of sp³-hybridized carbons (Fsp3) is 0.462. The molecule has 0 bridgehead atoms. The highest BCUT2D eigenvalue weighted by molar-refractivity contribution is 5.46. The van der Waals surface area contributed by atoms with E-state index in [9.17, 15) is 0 Å². The van der Waals surface area contributed by atoms with Crippen molar-refractivity contribution in [3.63, 3.8) is 0 Å². The van der Waals surface area contributed by atoms with Gasteiger partial charge in [-0.15, -0.1) is 0 Å². The molecule has 0 heterocycles. The predicted octanol–water partition coefficient (Wildman–Crippen LogP) is 1.93. The van der Waals surface area contributed by atoms with E-state index in [0.717, 1.165) is 0 Å². The highest BCUT2D eigenvalue weighted by Crippen LogP contribution is 2.29. The van der Waals surface area contributed by atoms with Gasteiger partial charge < -0.3 is 15.2 Å². The van der Waals surface area contributed by atoms with Crippen LogP contribution in [0.1, 0.15) is 19.4 Å². The SMILES string of the molecule is COc1cc(C#N)ccc1OCC(C)(C)CN. The lowest BCUT2D eigenvalue weighted by molar-refractivity contribution is 0.181. The molecule has 0 saturated heterocycles. The van der Waals surface area contributed by atoms with Gasteiger partial charge in [0.25, 0.3) is 0 Å². The predicted molar refractivity (Wildman–Crippen MR) is 66.0 cm³/mol. The summed E-state index contributed by atoms with van der Waals surface area (Å²) in [6, 6.07) is 7.16. The summed E-state index contributed by atoms with van der Waals surface area (Å²) < 4.78 is 10.8. The molecule has 4 heteroatoms. The summed E-state index contributed by atoms with van der Waals surface area (Å²) in [5.74, 6) is 1.20. The normalized spacial score (nSPS) is 10.8. The van der Waals surface area contributed by atoms with Crippen molar-refractivity contribution in [1.29, 1.82) is 5.26 Å². The highest BCUT2D eigenvalue weighted by atomic mass is 16.5. The second-order valence-electron chi connectivity index (χ2n) is 4.63. The summed E-state index contributed by atoms with van der Waals surface area (Å²) in [4.78, 5) is 0. The molecule has 17 heavy (non-hydrogen) atoms. The van der Waals surface area contributed by atoms with Crippen molar-refractivity contribution in [2.45, 2.75) is 13.8 Å². The number of methoxy groups -OCH3 is 1. The van der Waals surface area contributed by atoms with Crippen molar-refractivity contribution in [2.75, 3.05) is 20.3 Å². The molecule has 1 aromatic carbocycles. The fourth-order valence-electron chi connectivity index (χ4n) is 1.19. The second-order valence-corrected chi connectivity index (χ2v) is 4.63. The minimum absolute atomic E-state index is 0.0844. The molecule has 0 saturated carbocycles. The molecule has 92 valence electrons. The van der Waals surface area contributed by atoms with Crippen LogP contribution in [0.15, 0.2) is 18.2 Å². The van der Waals surface area contributed by atoms with Gasteiger partial charge in [-0.25, -0.2) is 0 Å². The molecular weight excluding hydrogens is 216 g/mol. The Morgan fingerprint density at radius 1 is 1.35 bits per heavy atom. The van der Waals surface area contributed by atoms with Crippen molar-refractivity contribution in [3.05, 3.63) is 23.8 Å². The maximum absolute atomic E-state index is 8.78. The van der Waals surface area contributed by atoms with Crippen molar-refractivity contribution in [1.82, 2.24) is 0 Å². The molecule has 0 aliphatic rings. The third-order valence-electron chi connectivity index (χ3n) is 2.46.